The number of ether oxygens (including phenoxy) is 1. The Morgan fingerprint density at radius 2 is 1.83 bits per heavy atom. The summed E-state index contributed by atoms with van der Waals surface area (Å²) in [7, 11) is -0.962. The lowest BCUT2D eigenvalue weighted by Gasteiger charge is -2.35. The molecule has 2 aromatic heterocycles. The monoisotopic (exact) mass is 681 g/mol. The molecule has 3 unspecified atom stereocenters. The summed E-state index contributed by atoms with van der Waals surface area (Å²) < 4.78 is 61.4. The fourth-order valence-corrected chi connectivity index (χ4v) is 8.37. The summed E-state index contributed by atoms with van der Waals surface area (Å²) in [6.07, 6.45) is 11.5. The van der Waals surface area contributed by atoms with E-state index in [1.165, 1.54) is 50.4 Å². The summed E-state index contributed by atoms with van der Waals surface area (Å²) in [6, 6.07) is 5.97. The van der Waals surface area contributed by atoms with E-state index in [1.54, 1.807) is 13.3 Å². The molecule has 0 saturated carbocycles. The topological polar surface area (TPSA) is 91.7 Å². The van der Waals surface area contributed by atoms with E-state index in [0.717, 1.165) is 25.8 Å². The van der Waals surface area contributed by atoms with Gasteiger partial charge in [-0.1, -0.05) is 25.8 Å². The third-order valence-corrected chi connectivity index (χ3v) is 11.5. The molecule has 3 saturated heterocycles. The summed E-state index contributed by atoms with van der Waals surface area (Å²) in [5.41, 5.74) is -0.120. The van der Waals surface area contributed by atoms with Crippen LogP contribution in [0.3, 0.4) is 0 Å². The van der Waals surface area contributed by atoms with Crippen LogP contribution in [0.4, 0.5) is 19.0 Å². The van der Waals surface area contributed by atoms with E-state index >= 15 is 4.39 Å². The molecule has 12 heteroatoms. The SMILES string of the molecule is C#Cc1c(F)ccc2cc(O)cc(-c3ncc4c(N5CCCC(P(C)(C)=O)C5)nc(OC)nc4c3F)c12.CC.FC1CC2CCCN2C1. The van der Waals surface area contributed by atoms with Crippen molar-refractivity contribution in [1.29, 1.82) is 0 Å². The summed E-state index contributed by atoms with van der Waals surface area (Å²) in [6.45, 7) is 10.6. The minimum Gasteiger partial charge on any atom is -0.508 e. The summed E-state index contributed by atoms with van der Waals surface area (Å²) in [4.78, 5) is 17.4. The maximum atomic E-state index is 16.2. The second-order valence-corrected chi connectivity index (χ2v) is 16.3. The van der Waals surface area contributed by atoms with Gasteiger partial charge in [-0.25, -0.2) is 13.2 Å². The molecule has 3 atom stereocenters. The van der Waals surface area contributed by atoms with Gasteiger partial charge in [0.15, 0.2) is 5.82 Å². The highest BCUT2D eigenvalue weighted by Gasteiger charge is 2.35. The predicted molar refractivity (Wildman–Crippen MR) is 186 cm³/mol. The fraction of sp³-hybridized carbons (Fsp3) is 0.472. The van der Waals surface area contributed by atoms with E-state index in [4.69, 9.17) is 11.2 Å². The molecule has 0 radical (unpaired) electrons. The summed E-state index contributed by atoms with van der Waals surface area (Å²) >= 11 is 0. The maximum Gasteiger partial charge on any atom is 0.318 e. The average Bonchev–Trinajstić information content (AvgIpc) is 3.66. The number of phenolic OH excluding ortho intramolecular Hbond substituents is 1. The highest BCUT2D eigenvalue weighted by atomic mass is 31.2. The van der Waals surface area contributed by atoms with Crippen LogP contribution < -0.4 is 9.64 Å². The Morgan fingerprint density at radius 3 is 2.52 bits per heavy atom. The first-order valence-corrected chi connectivity index (χ1v) is 19.2. The van der Waals surface area contributed by atoms with E-state index in [0.29, 0.717) is 42.3 Å². The lowest BCUT2D eigenvalue weighted by atomic mass is 9.96. The molecular formula is C36H43F3N5O3P. The first-order chi connectivity index (χ1) is 23.0. The second kappa shape index (κ2) is 14.7. The smallest absolute Gasteiger partial charge is 0.318 e. The molecule has 48 heavy (non-hydrogen) atoms. The number of anilines is 1. The van der Waals surface area contributed by atoms with Crippen molar-refractivity contribution in [2.24, 2.45) is 0 Å². The number of hydrogen-bond acceptors (Lipinski definition) is 8. The van der Waals surface area contributed by atoms with Crippen molar-refractivity contribution in [2.45, 2.75) is 63.8 Å². The normalized spacial score (nSPS) is 20.8. The van der Waals surface area contributed by atoms with Crippen molar-refractivity contribution < 1.29 is 27.6 Å². The number of aromatic hydroxyl groups is 1. The van der Waals surface area contributed by atoms with E-state index < -0.39 is 24.9 Å². The van der Waals surface area contributed by atoms with Gasteiger partial charge in [-0.2, -0.15) is 9.97 Å². The Hall–Kier alpha value is -3.87. The van der Waals surface area contributed by atoms with Crippen molar-refractivity contribution in [3.63, 3.8) is 0 Å². The number of phenols is 1. The molecule has 1 N–H and O–H groups in total. The van der Waals surface area contributed by atoms with Crippen molar-refractivity contribution in [2.75, 3.05) is 51.5 Å². The first kappa shape index (κ1) is 35.4. The Kier molecular flexibility index (Phi) is 10.9. The standard InChI is InChI=1S/C27H25F2N4O3P.C7H12FN.C2H6/c1-5-18-21(28)9-8-15-11-16(34)12-19(22(15)18)24-23(29)25-20(13-30-24)26(32-27(31-25)36-2)33-10-6-7-17(14-33)37(3,4)35;8-6-4-7-2-1-3-9(7)5-6;1-2/h1,8-9,11-13,17,34H,6-7,10,14H2,2-4H3;6-7H,1-5H2;1-2H3. The van der Waals surface area contributed by atoms with Crippen molar-refractivity contribution >= 4 is 34.6 Å². The molecule has 3 aliphatic rings. The van der Waals surface area contributed by atoms with Crippen LogP contribution in [0.15, 0.2) is 30.5 Å². The number of rotatable bonds is 4. The maximum absolute atomic E-state index is 16.2. The van der Waals surface area contributed by atoms with Gasteiger partial charge in [0.05, 0.1) is 25.2 Å². The highest BCUT2D eigenvalue weighted by Crippen LogP contribution is 2.47. The number of benzene rings is 2. The van der Waals surface area contributed by atoms with Crippen molar-refractivity contribution in [3.05, 3.63) is 47.7 Å². The molecule has 256 valence electrons. The minimum absolute atomic E-state index is 0.00919. The molecule has 4 aromatic rings. The fourth-order valence-electron chi connectivity index (χ4n) is 6.98. The molecule has 8 nitrogen and oxygen atoms in total. The van der Waals surface area contributed by atoms with E-state index in [-0.39, 0.29) is 45.1 Å². The number of aromatic nitrogens is 3. The lowest BCUT2D eigenvalue weighted by Crippen LogP contribution is -2.38. The van der Waals surface area contributed by atoms with Crippen molar-refractivity contribution in [3.8, 4) is 35.4 Å². The van der Waals surface area contributed by atoms with Crippen LogP contribution in [-0.4, -0.2) is 89.4 Å². The van der Waals surface area contributed by atoms with Gasteiger partial charge >= 0.3 is 6.01 Å². The number of piperidine rings is 1. The number of nitrogens with zero attached hydrogens (tertiary/aromatic N) is 5. The molecule has 2 aromatic carbocycles. The highest BCUT2D eigenvalue weighted by molar-refractivity contribution is 7.63. The van der Waals surface area contributed by atoms with Crippen LogP contribution in [0.5, 0.6) is 11.8 Å². The largest absolute Gasteiger partial charge is 0.508 e. The van der Waals surface area contributed by atoms with E-state index in [1.807, 2.05) is 18.7 Å². The molecule has 0 spiro atoms. The Bertz CT molecular complexity index is 1880. The average molecular weight is 682 g/mol. The zero-order valence-electron chi connectivity index (χ0n) is 28.1. The number of alkyl halides is 1. The quantitative estimate of drug-likeness (QED) is 0.174. The van der Waals surface area contributed by atoms with Crippen molar-refractivity contribution in [1.82, 2.24) is 19.9 Å². The van der Waals surface area contributed by atoms with Gasteiger partial charge in [0.25, 0.3) is 0 Å². The number of hydrogen-bond donors (Lipinski definition) is 1. The second-order valence-electron chi connectivity index (χ2n) is 12.7. The number of halogens is 3. The Labute approximate surface area is 280 Å². The Morgan fingerprint density at radius 1 is 1.08 bits per heavy atom. The number of terminal acetylenes is 1. The van der Waals surface area contributed by atoms with Crippen LogP contribution in [0.25, 0.3) is 32.9 Å². The number of pyridine rings is 1. The van der Waals surface area contributed by atoms with Crippen LogP contribution in [0.1, 0.15) is 51.5 Å². The predicted octanol–water partition coefficient (Wildman–Crippen LogP) is 7.63. The molecular weight excluding hydrogens is 638 g/mol. The Balaban J connectivity index is 0.000000347. The first-order valence-electron chi connectivity index (χ1n) is 16.5. The number of methoxy groups -OCH3 is 1. The van der Waals surface area contributed by atoms with Gasteiger partial charge in [0.2, 0.25) is 0 Å². The molecule has 0 amide bonds. The molecule has 3 fully saturated rings. The van der Waals surface area contributed by atoms with Gasteiger partial charge in [-0.05, 0) is 75.6 Å². The molecule has 0 bridgehead atoms. The van der Waals surface area contributed by atoms with Crippen LogP contribution in [0.2, 0.25) is 0 Å². The number of fused-ring (bicyclic) bond motifs is 3. The lowest BCUT2D eigenvalue weighted by molar-refractivity contribution is 0.292. The zero-order chi connectivity index (χ0) is 34.7. The van der Waals surface area contributed by atoms with Gasteiger partial charge in [-0.3, -0.25) is 9.88 Å². The molecule has 3 aliphatic heterocycles. The summed E-state index contributed by atoms with van der Waals surface area (Å²) in [5, 5.41) is 11.4. The molecule has 7 rings (SSSR count). The van der Waals surface area contributed by atoms with Crippen LogP contribution in [0, 0.1) is 24.0 Å². The van der Waals surface area contributed by atoms with Gasteiger partial charge in [-0.15, -0.1) is 6.42 Å². The third kappa shape index (κ3) is 7.11. The molecule has 5 heterocycles. The minimum atomic E-state index is -2.35. The van der Waals surface area contributed by atoms with Gasteiger partial charge in [0, 0.05) is 48.5 Å². The summed E-state index contributed by atoms with van der Waals surface area (Å²) in [5.74, 6) is 1.19. The zero-order valence-corrected chi connectivity index (χ0v) is 29.0. The third-order valence-electron chi connectivity index (χ3n) is 9.31. The molecule has 0 aliphatic carbocycles. The van der Waals surface area contributed by atoms with E-state index in [2.05, 4.69) is 25.8 Å². The van der Waals surface area contributed by atoms with Gasteiger partial charge < -0.3 is 19.3 Å². The van der Waals surface area contributed by atoms with E-state index in [9.17, 15) is 18.5 Å². The van der Waals surface area contributed by atoms with Crippen LogP contribution >= 0.6 is 7.14 Å². The van der Waals surface area contributed by atoms with Crippen LogP contribution in [-0.2, 0) is 4.57 Å². The van der Waals surface area contributed by atoms with Gasteiger partial charge in [0.1, 0.15) is 34.8 Å².